The Morgan fingerprint density at radius 1 is 1.05 bits per heavy atom. The Hall–Kier alpha value is -1.10. The van der Waals surface area contributed by atoms with E-state index in [-0.39, 0.29) is 5.91 Å². The standard InChI is InChI=1S/C16H19F2NOS/c17-16(18)21-14-9-5-11(6-10-14)15(20)19(13-7-8-13)12-3-1-2-4-12/h5-6,9-10,12-13,16H,1-4,7-8H2. The summed E-state index contributed by atoms with van der Waals surface area (Å²) in [5.74, 6) is -2.36. The van der Waals surface area contributed by atoms with Gasteiger partial charge in [-0.1, -0.05) is 24.6 Å². The first-order valence-corrected chi connectivity index (χ1v) is 8.40. The number of carbonyl (C=O) groups excluding carboxylic acids is 1. The van der Waals surface area contributed by atoms with E-state index < -0.39 is 5.76 Å². The number of amides is 1. The highest BCUT2D eigenvalue weighted by Gasteiger charge is 2.38. The van der Waals surface area contributed by atoms with Crippen molar-refractivity contribution in [2.45, 2.75) is 61.3 Å². The molecule has 0 radical (unpaired) electrons. The number of hydrogen-bond acceptors (Lipinski definition) is 2. The van der Waals surface area contributed by atoms with Gasteiger partial charge in [-0.2, -0.15) is 8.78 Å². The zero-order valence-electron chi connectivity index (χ0n) is 11.8. The lowest BCUT2D eigenvalue weighted by atomic mass is 10.1. The van der Waals surface area contributed by atoms with Gasteiger partial charge in [0.05, 0.1) is 0 Å². The third kappa shape index (κ3) is 3.57. The van der Waals surface area contributed by atoms with Crippen LogP contribution in [0.5, 0.6) is 0 Å². The van der Waals surface area contributed by atoms with Crippen molar-refractivity contribution >= 4 is 17.7 Å². The second kappa shape index (κ2) is 6.34. The van der Waals surface area contributed by atoms with Crippen LogP contribution in [0.2, 0.25) is 0 Å². The molecule has 0 unspecified atom stereocenters. The van der Waals surface area contributed by atoms with Crippen molar-refractivity contribution in [3.63, 3.8) is 0 Å². The van der Waals surface area contributed by atoms with E-state index in [1.807, 2.05) is 0 Å². The minimum Gasteiger partial charge on any atom is -0.333 e. The van der Waals surface area contributed by atoms with Gasteiger partial charge in [0.25, 0.3) is 11.7 Å². The molecule has 0 saturated heterocycles. The average Bonchev–Trinajstić information content (AvgIpc) is 3.13. The SMILES string of the molecule is O=C(c1ccc(SC(F)F)cc1)N(C1CCCC1)C1CC1. The highest BCUT2D eigenvalue weighted by molar-refractivity contribution is 7.99. The Morgan fingerprint density at radius 2 is 1.62 bits per heavy atom. The van der Waals surface area contributed by atoms with Gasteiger partial charge in [0, 0.05) is 22.5 Å². The number of benzene rings is 1. The first-order valence-electron chi connectivity index (χ1n) is 7.52. The fraction of sp³-hybridized carbons (Fsp3) is 0.562. The van der Waals surface area contributed by atoms with E-state index >= 15 is 0 Å². The summed E-state index contributed by atoms with van der Waals surface area (Å²) < 4.78 is 24.6. The molecule has 0 aromatic heterocycles. The van der Waals surface area contributed by atoms with E-state index in [2.05, 4.69) is 4.90 Å². The third-order valence-corrected chi connectivity index (χ3v) is 4.94. The van der Waals surface area contributed by atoms with Crippen LogP contribution in [0.3, 0.4) is 0 Å². The van der Waals surface area contributed by atoms with Gasteiger partial charge >= 0.3 is 0 Å². The van der Waals surface area contributed by atoms with Crippen molar-refractivity contribution < 1.29 is 13.6 Å². The maximum Gasteiger partial charge on any atom is 0.288 e. The molecular formula is C16H19F2NOS. The molecule has 2 saturated carbocycles. The van der Waals surface area contributed by atoms with Gasteiger partial charge in [0.2, 0.25) is 0 Å². The van der Waals surface area contributed by atoms with Gasteiger partial charge in [-0.15, -0.1) is 0 Å². The molecule has 3 rings (SSSR count). The first kappa shape index (κ1) is 14.8. The van der Waals surface area contributed by atoms with Gasteiger partial charge in [-0.25, -0.2) is 0 Å². The van der Waals surface area contributed by atoms with E-state index in [1.54, 1.807) is 24.3 Å². The van der Waals surface area contributed by atoms with Crippen LogP contribution < -0.4 is 0 Å². The lowest BCUT2D eigenvalue weighted by molar-refractivity contribution is 0.0664. The lowest BCUT2D eigenvalue weighted by Gasteiger charge is -2.29. The summed E-state index contributed by atoms with van der Waals surface area (Å²) >= 11 is 0.513. The lowest BCUT2D eigenvalue weighted by Crippen LogP contribution is -2.40. The van der Waals surface area contributed by atoms with Crippen molar-refractivity contribution in [1.82, 2.24) is 4.90 Å². The third-order valence-electron chi connectivity index (χ3n) is 4.22. The largest absolute Gasteiger partial charge is 0.333 e. The van der Waals surface area contributed by atoms with Gasteiger partial charge in [0.1, 0.15) is 0 Å². The Kier molecular flexibility index (Phi) is 4.48. The van der Waals surface area contributed by atoms with Crippen LogP contribution >= 0.6 is 11.8 Å². The first-order chi connectivity index (χ1) is 10.1. The highest BCUT2D eigenvalue weighted by Crippen LogP contribution is 2.35. The van der Waals surface area contributed by atoms with Gasteiger partial charge in [-0.05, 0) is 49.9 Å². The van der Waals surface area contributed by atoms with Crippen molar-refractivity contribution in [1.29, 1.82) is 0 Å². The molecule has 0 spiro atoms. The van der Waals surface area contributed by atoms with Crippen molar-refractivity contribution in [3.05, 3.63) is 29.8 Å². The molecule has 0 atom stereocenters. The molecule has 0 aliphatic heterocycles. The second-order valence-corrected chi connectivity index (χ2v) is 6.85. The molecule has 2 nitrogen and oxygen atoms in total. The van der Waals surface area contributed by atoms with Gasteiger partial charge < -0.3 is 4.90 Å². The van der Waals surface area contributed by atoms with Crippen molar-refractivity contribution in [3.8, 4) is 0 Å². The zero-order valence-corrected chi connectivity index (χ0v) is 12.6. The van der Waals surface area contributed by atoms with Gasteiger partial charge in [-0.3, -0.25) is 4.79 Å². The van der Waals surface area contributed by atoms with Gasteiger partial charge in [0.15, 0.2) is 0 Å². The Morgan fingerprint density at radius 3 is 2.14 bits per heavy atom. The molecule has 1 aromatic rings. The second-order valence-electron chi connectivity index (χ2n) is 5.78. The summed E-state index contributed by atoms with van der Waals surface area (Å²) in [6.45, 7) is 0. The van der Waals surface area contributed by atoms with Crippen LogP contribution in [-0.2, 0) is 0 Å². The van der Waals surface area contributed by atoms with Crippen LogP contribution in [0.4, 0.5) is 8.78 Å². The molecular weight excluding hydrogens is 292 g/mol. The number of hydrogen-bond donors (Lipinski definition) is 0. The van der Waals surface area contributed by atoms with Crippen LogP contribution in [0.15, 0.2) is 29.2 Å². The summed E-state index contributed by atoms with van der Waals surface area (Å²) in [6.07, 6.45) is 6.79. The fourth-order valence-corrected chi connectivity index (χ4v) is 3.59. The van der Waals surface area contributed by atoms with Crippen molar-refractivity contribution in [2.75, 3.05) is 0 Å². The van der Waals surface area contributed by atoms with E-state index in [0.29, 0.717) is 34.3 Å². The summed E-state index contributed by atoms with van der Waals surface area (Å²) in [5.41, 5.74) is 0.618. The number of nitrogens with zero attached hydrogens (tertiary/aromatic N) is 1. The normalized spacial score (nSPS) is 19.2. The smallest absolute Gasteiger partial charge is 0.288 e. The molecule has 1 amide bonds. The molecule has 2 aliphatic rings. The van der Waals surface area contributed by atoms with Crippen molar-refractivity contribution in [2.24, 2.45) is 0 Å². The molecule has 2 fully saturated rings. The summed E-state index contributed by atoms with van der Waals surface area (Å²) in [5, 5.41) is 0. The molecule has 0 N–H and O–H groups in total. The average molecular weight is 311 g/mol. The topological polar surface area (TPSA) is 20.3 Å². The number of carbonyl (C=O) groups is 1. The monoisotopic (exact) mass is 311 g/mol. The van der Waals surface area contributed by atoms with Crippen LogP contribution in [0, 0.1) is 0 Å². The highest BCUT2D eigenvalue weighted by atomic mass is 32.2. The summed E-state index contributed by atoms with van der Waals surface area (Å²) in [6, 6.07) is 7.36. The maximum absolute atomic E-state index is 12.7. The number of alkyl halides is 2. The summed E-state index contributed by atoms with van der Waals surface area (Å²) in [7, 11) is 0. The predicted molar refractivity (Wildman–Crippen MR) is 79.8 cm³/mol. The Bertz CT molecular complexity index is 496. The van der Waals surface area contributed by atoms with E-state index in [9.17, 15) is 13.6 Å². The maximum atomic E-state index is 12.7. The number of halogens is 2. The van der Waals surface area contributed by atoms with E-state index in [1.165, 1.54) is 12.8 Å². The van der Waals surface area contributed by atoms with E-state index in [0.717, 1.165) is 25.7 Å². The number of thioether (sulfide) groups is 1. The quantitative estimate of drug-likeness (QED) is 0.744. The van der Waals surface area contributed by atoms with Crippen LogP contribution in [0.25, 0.3) is 0 Å². The molecule has 1 aromatic carbocycles. The fourth-order valence-electron chi connectivity index (χ4n) is 3.09. The minimum absolute atomic E-state index is 0.0676. The molecule has 0 bridgehead atoms. The minimum atomic E-state index is -2.42. The molecule has 5 heteroatoms. The predicted octanol–water partition coefficient (Wildman–Crippen LogP) is 4.55. The molecule has 2 aliphatic carbocycles. The Balaban J connectivity index is 1.73. The summed E-state index contributed by atoms with van der Waals surface area (Å²) in [4.78, 5) is 15.3. The van der Waals surface area contributed by atoms with E-state index in [4.69, 9.17) is 0 Å². The molecule has 21 heavy (non-hydrogen) atoms. The number of rotatable bonds is 5. The van der Waals surface area contributed by atoms with Crippen LogP contribution in [-0.4, -0.2) is 28.6 Å². The molecule has 114 valence electrons. The van der Waals surface area contributed by atoms with Crippen LogP contribution in [0.1, 0.15) is 48.9 Å². The molecule has 0 heterocycles. The zero-order chi connectivity index (χ0) is 14.8. The Labute approximate surface area is 127 Å².